The second kappa shape index (κ2) is 7.89. The monoisotopic (exact) mass is 446 g/mol. The first-order valence-corrected chi connectivity index (χ1v) is 10.9. The number of aromatic nitrogens is 2. The second-order valence-corrected chi connectivity index (χ2v) is 8.67. The second-order valence-electron chi connectivity index (χ2n) is 8.67. The van der Waals surface area contributed by atoms with Crippen LogP contribution < -0.4 is 16.0 Å². The molecule has 33 heavy (non-hydrogen) atoms. The molecule has 0 unspecified atom stereocenters. The number of nitrogens with two attached hydrogens (primary N) is 1. The van der Waals surface area contributed by atoms with Gasteiger partial charge in [-0.2, -0.15) is 5.26 Å². The van der Waals surface area contributed by atoms with E-state index >= 15 is 4.39 Å². The standard InChI is InChI=1S/C24H23FN6O2/c1-12-17(10-29-19-3-2-4-28-23(12)19)16-7-14-8-20(30-11-18(14)22(27)21(16)25)31(24(32)33)15-5-13(6-15)9-26/h7-8,10-11,13,15,28H,2-6,27H2,1H3,(H,32,33)/t13-,15-. The predicted molar refractivity (Wildman–Crippen MR) is 124 cm³/mol. The number of hydrogen-bond acceptors (Lipinski definition) is 6. The van der Waals surface area contributed by atoms with E-state index in [0.717, 1.165) is 36.3 Å². The molecule has 1 amide bonds. The molecule has 168 valence electrons. The molecule has 5 rings (SSSR count). The van der Waals surface area contributed by atoms with Gasteiger partial charge in [-0.15, -0.1) is 0 Å². The summed E-state index contributed by atoms with van der Waals surface area (Å²) in [5.74, 6) is -0.472. The van der Waals surface area contributed by atoms with Crippen molar-refractivity contribution in [3.8, 4) is 17.2 Å². The first kappa shape index (κ1) is 20.9. The van der Waals surface area contributed by atoms with Crippen molar-refractivity contribution in [3.05, 3.63) is 41.6 Å². The van der Waals surface area contributed by atoms with E-state index < -0.39 is 11.9 Å². The maximum atomic E-state index is 15.4. The molecule has 0 saturated heterocycles. The van der Waals surface area contributed by atoms with Gasteiger partial charge >= 0.3 is 6.09 Å². The van der Waals surface area contributed by atoms with E-state index in [9.17, 15) is 9.90 Å². The highest BCUT2D eigenvalue weighted by Gasteiger charge is 2.38. The van der Waals surface area contributed by atoms with Crippen LogP contribution in [0.5, 0.6) is 0 Å². The minimum atomic E-state index is -1.14. The topological polar surface area (TPSA) is 128 Å². The molecule has 1 saturated carbocycles. The van der Waals surface area contributed by atoms with E-state index in [1.54, 1.807) is 18.3 Å². The zero-order valence-electron chi connectivity index (χ0n) is 18.1. The molecule has 0 atom stereocenters. The van der Waals surface area contributed by atoms with Gasteiger partial charge in [-0.1, -0.05) is 0 Å². The maximum Gasteiger partial charge on any atom is 0.413 e. The van der Waals surface area contributed by atoms with Crippen molar-refractivity contribution in [3.63, 3.8) is 0 Å². The summed E-state index contributed by atoms with van der Waals surface area (Å²) >= 11 is 0. The van der Waals surface area contributed by atoms with Crippen LogP contribution >= 0.6 is 0 Å². The molecule has 3 aromatic rings. The molecule has 1 aromatic carbocycles. The van der Waals surface area contributed by atoms with Crippen molar-refractivity contribution in [1.29, 1.82) is 5.26 Å². The van der Waals surface area contributed by atoms with Gasteiger partial charge in [0, 0.05) is 41.5 Å². The number of carbonyl (C=O) groups is 1. The molecule has 1 aliphatic carbocycles. The van der Waals surface area contributed by atoms with Crippen LogP contribution in [0.3, 0.4) is 0 Å². The Labute approximate surface area is 189 Å². The van der Waals surface area contributed by atoms with Crippen LogP contribution in [0.4, 0.5) is 26.4 Å². The number of anilines is 3. The Bertz CT molecular complexity index is 1330. The van der Waals surface area contributed by atoms with Gasteiger partial charge in [0.05, 0.1) is 29.1 Å². The number of nitriles is 1. The molecule has 0 spiro atoms. The molecule has 3 heterocycles. The summed E-state index contributed by atoms with van der Waals surface area (Å²) in [4.78, 5) is 21.9. The van der Waals surface area contributed by atoms with E-state index in [2.05, 4.69) is 21.4 Å². The summed E-state index contributed by atoms with van der Waals surface area (Å²) in [5.41, 5.74) is 9.86. The van der Waals surface area contributed by atoms with Crippen molar-refractivity contribution >= 4 is 34.1 Å². The average molecular weight is 446 g/mol. The number of nitrogen functional groups attached to an aromatic ring is 1. The predicted octanol–water partition coefficient (Wildman–Crippen LogP) is 4.47. The third-order valence-corrected chi connectivity index (χ3v) is 6.70. The van der Waals surface area contributed by atoms with E-state index in [-0.39, 0.29) is 23.5 Å². The van der Waals surface area contributed by atoms with E-state index in [1.807, 2.05) is 6.92 Å². The Morgan fingerprint density at radius 3 is 2.82 bits per heavy atom. The van der Waals surface area contributed by atoms with Gasteiger partial charge in [-0.05, 0) is 55.7 Å². The molecule has 1 fully saturated rings. The molecule has 0 radical (unpaired) electrons. The van der Waals surface area contributed by atoms with Gasteiger partial charge < -0.3 is 16.2 Å². The fourth-order valence-corrected chi connectivity index (χ4v) is 4.78. The number of aryl methyl sites for hydroxylation is 1. The van der Waals surface area contributed by atoms with Crippen LogP contribution in [-0.4, -0.2) is 33.8 Å². The van der Waals surface area contributed by atoms with Crippen LogP contribution in [0.1, 0.15) is 30.5 Å². The SMILES string of the molecule is Cc1c(-c2cc3cc(N(C(=O)O)[C@H]4C[C@H](C#N)C4)ncc3c(N)c2F)cnc2c1NCCC2. The van der Waals surface area contributed by atoms with E-state index in [1.165, 1.54) is 11.1 Å². The number of fused-ring (bicyclic) bond motifs is 2. The largest absolute Gasteiger partial charge is 0.465 e. The molecule has 0 bridgehead atoms. The first-order chi connectivity index (χ1) is 15.9. The van der Waals surface area contributed by atoms with Crippen LogP contribution in [0.15, 0.2) is 24.5 Å². The van der Waals surface area contributed by atoms with Gasteiger partial charge in [0.15, 0.2) is 5.82 Å². The Morgan fingerprint density at radius 1 is 1.30 bits per heavy atom. The number of hydrogen-bond donors (Lipinski definition) is 3. The van der Waals surface area contributed by atoms with Crippen molar-refractivity contribution < 1.29 is 14.3 Å². The third kappa shape index (κ3) is 3.39. The van der Waals surface area contributed by atoms with E-state index in [0.29, 0.717) is 34.7 Å². The summed E-state index contributed by atoms with van der Waals surface area (Å²) in [5, 5.41) is 23.2. The average Bonchev–Trinajstić information content (AvgIpc) is 2.78. The Morgan fingerprint density at radius 2 is 2.09 bits per heavy atom. The number of nitrogens with one attached hydrogen (secondary N) is 1. The zero-order chi connectivity index (χ0) is 23.3. The molecule has 2 aromatic heterocycles. The van der Waals surface area contributed by atoms with Crippen molar-refractivity contribution in [1.82, 2.24) is 9.97 Å². The highest BCUT2D eigenvalue weighted by Crippen LogP contribution is 2.39. The number of benzene rings is 1. The quantitative estimate of drug-likeness (QED) is 0.506. The zero-order valence-corrected chi connectivity index (χ0v) is 18.1. The lowest BCUT2D eigenvalue weighted by atomic mass is 9.80. The lowest BCUT2D eigenvalue weighted by molar-refractivity contribution is 0.189. The Balaban J connectivity index is 1.61. The lowest BCUT2D eigenvalue weighted by Gasteiger charge is -2.37. The van der Waals surface area contributed by atoms with Crippen molar-refractivity contribution in [2.24, 2.45) is 5.92 Å². The third-order valence-electron chi connectivity index (χ3n) is 6.70. The molecule has 8 nitrogen and oxygen atoms in total. The minimum Gasteiger partial charge on any atom is -0.465 e. The fourth-order valence-electron chi connectivity index (χ4n) is 4.78. The number of halogens is 1. The highest BCUT2D eigenvalue weighted by atomic mass is 19.1. The van der Waals surface area contributed by atoms with Gasteiger partial charge in [0.1, 0.15) is 5.82 Å². The minimum absolute atomic E-state index is 0.0401. The molecular formula is C24H23FN6O2. The summed E-state index contributed by atoms with van der Waals surface area (Å²) in [6.45, 7) is 2.77. The van der Waals surface area contributed by atoms with Crippen LogP contribution in [0, 0.1) is 30.0 Å². The fraction of sp³-hybridized carbons (Fsp3) is 0.333. The number of rotatable bonds is 3. The lowest BCUT2D eigenvalue weighted by Crippen LogP contribution is -2.47. The van der Waals surface area contributed by atoms with Crippen LogP contribution in [0.25, 0.3) is 21.9 Å². The molecule has 2 aliphatic rings. The van der Waals surface area contributed by atoms with Gasteiger partial charge in [-0.3, -0.25) is 9.88 Å². The van der Waals surface area contributed by atoms with Crippen molar-refractivity contribution in [2.75, 3.05) is 22.5 Å². The Kier molecular flexibility index (Phi) is 5.01. The molecule has 4 N–H and O–H groups in total. The maximum absolute atomic E-state index is 15.4. The molecular weight excluding hydrogens is 423 g/mol. The first-order valence-electron chi connectivity index (χ1n) is 10.9. The van der Waals surface area contributed by atoms with Gasteiger partial charge in [0.25, 0.3) is 0 Å². The summed E-state index contributed by atoms with van der Waals surface area (Å²) in [7, 11) is 0. The van der Waals surface area contributed by atoms with Crippen LogP contribution in [0.2, 0.25) is 0 Å². The van der Waals surface area contributed by atoms with E-state index in [4.69, 9.17) is 11.0 Å². The number of nitrogens with zero attached hydrogens (tertiary/aromatic N) is 4. The number of amides is 1. The normalized spacial score (nSPS) is 19.2. The summed E-state index contributed by atoms with van der Waals surface area (Å²) in [6.07, 6.45) is 4.75. The summed E-state index contributed by atoms with van der Waals surface area (Å²) < 4.78 is 15.4. The number of carboxylic acid groups (broad SMARTS) is 1. The van der Waals surface area contributed by atoms with Crippen LogP contribution in [-0.2, 0) is 6.42 Å². The summed E-state index contributed by atoms with van der Waals surface area (Å²) in [6, 6.07) is 5.13. The highest BCUT2D eigenvalue weighted by molar-refractivity contribution is 5.99. The van der Waals surface area contributed by atoms with Crippen molar-refractivity contribution in [2.45, 2.75) is 38.6 Å². The smallest absolute Gasteiger partial charge is 0.413 e. The molecule has 1 aliphatic heterocycles. The Hall–Kier alpha value is -3.93. The number of pyridine rings is 2. The van der Waals surface area contributed by atoms with Gasteiger partial charge in [-0.25, -0.2) is 14.2 Å². The molecule has 9 heteroatoms. The van der Waals surface area contributed by atoms with Gasteiger partial charge in [0.2, 0.25) is 0 Å².